The molecule has 0 atom stereocenters. The standard InChI is InChI=1S/C15H18N2O3/c1-4-17-14(15(18)19)9-13(16-17)11-5-7-12(8-6-11)20-10(2)3/h5-10H,4H2,1-3H3,(H,18,19). The third-order valence-corrected chi connectivity index (χ3v) is 2.82. The van der Waals surface area contributed by atoms with E-state index in [2.05, 4.69) is 5.10 Å². The van der Waals surface area contributed by atoms with Crippen LogP contribution in [0.4, 0.5) is 0 Å². The maximum Gasteiger partial charge on any atom is 0.354 e. The molecule has 2 rings (SSSR count). The second-order valence-corrected chi connectivity index (χ2v) is 4.73. The summed E-state index contributed by atoms with van der Waals surface area (Å²) in [7, 11) is 0. The van der Waals surface area contributed by atoms with Gasteiger partial charge in [-0.05, 0) is 51.1 Å². The van der Waals surface area contributed by atoms with Gasteiger partial charge in [-0.15, -0.1) is 0 Å². The van der Waals surface area contributed by atoms with Crippen LogP contribution in [-0.2, 0) is 6.54 Å². The molecule has 0 aliphatic rings. The molecule has 0 aliphatic carbocycles. The summed E-state index contributed by atoms with van der Waals surface area (Å²) >= 11 is 0. The summed E-state index contributed by atoms with van der Waals surface area (Å²) in [6.07, 6.45) is 0.124. The number of hydrogen-bond donors (Lipinski definition) is 1. The highest BCUT2D eigenvalue weighted by Crippen LogP contribution is 2.23. The first-order valence-electron chi connectivity index (χ1n) is 6.59. The Morgan fingerprint density at radius 2 is 2.00 bits per heavy atom. The molecule has 0 saturated carbocycles. The van der Waals surface area contributed by atoms with Crippen molar-refractivity contribution >= 4 is 5.97 Å². The number of carboxylic acid groups (broad SMARTS) is 1. The Morgan fingerprint density at radius 3 is 2.45 bits per heavy atom. The van der Waals surface area contributed by atoms with E-state index in [1.54, 1.807) is 6.07 Å². The first-order valence-corrected chi connectivity index (χ1v) is 6.59. The molecule has 106 valence electrons. The number of rotatable bonds is 5. The van der Waals surface area contributed by atoms with Crippen molar-refractivity contribution in [1.82, 2.24) is 9.78 Å². The molecular weight excluding hydrogens is 256 g/mol. The maximum absolute atomic E-state index is 11.1. The zero-order valence-corrected chi connectivity index (χ0v) is 11.8. The smallest absolute Gasteiger partial charge is 0.354 e. The predicted molar refractivity (Wildman–Crippen MR) is 76.1 cm³/mol. The fourth-order valence-electron chi connectivity index (χ4n) is 1.95. The Bertz CT molecular complexity index is 600. The molecule has 1 aromatic carbocycles. The van der Waals surface area contributed by atoms with Crippen molar-refractivity contribution in [3.63, 3.8) is 0 Å². The van der Waals surface area contributed by atoms with Crippen molar-refractivity contribution in [1.29, 1.82) is 0 Å². The Hall–Kier alpha value is -2.30. The predicted octanol–water partition coefficient (Wildman–Crippen LogP) is 3.06. The van der Waals surface area contributed by atoms with E-state index in [1.165, 1.54) is 4.68 Å². The lowest BCUT2D eigenvalue weighted by Gasteiger charge is -2.09. The summed E-state index contributed by atoms with van der Waals surface area (Å²) in [6, 6.07) is 9.07. The molecule has 0 radical (unpaired) electrons. The van der Waals surface area contributed by atoms with Crippen LogP contribution in [-0.4, -0.2) is 27.0 Å². The van der Waals surface area contributed by atoms with Gasteiger partial charge in [-0.25, -0.2) is 4.79 Å². The average molecular weight is 274 g/mol. The van der Waals surface area contributed by atoms with Gasteiger partial charge in [0.15, 0.2) is 0 Å². The van der Waals surface area contributed by atoms with Crippen LogP contribution in [0.15, 0.2) is 30.3 Å². The van der Waals surface area contributed by atoms with Crippen molar-refractivity contribution in [3.8, 4) is 17.0 Å². The Kier molecular flexibility index (Phi) is 4.08. The van der Waals surface area contributed by atoms with Crippen LogP contribution < -0.4 is 4.74 Å². The molecule has 5 heteroatoms. The number of carboxylic acids is 1. The number of carbonyl (C=O) groups is 1. The minimum Gasteiger partial charge on any atom is -0.491 e. The summed E-state index contributed by atoms with van der Waals surface area (Å²) in [5.74, 6) is -0.178. The van der Waals surface area contributed by atoms with Crippen LogP contribution in [0.5, 0.6) is 5.75 Å². The minimum atomic E-state index is -0.967. The molecule has 0 amide bonds. The second-order valence-electron chi connectivity index (χ2n) is 4.73. The molecule has 0 spiro atoms. The van der Waals surface area contributed by atoms with Gasteiger partial charge in [0.05, 0.1) is 11.8 Å². The van der Waals surface area contributed by atoms with Crippen LogP contribution in [0.3, 0.4) is 0 Å². The van der Waals surface area contributed by atoms with E-state index in [-0.39, 0.29) is 11.8 Å². The fraction of sp³-hybridized carbons (Fsp3) is 0.333. The summed E-state index contributed by atoms with van der Waals surface area (Å²) in [4.78, 5) is 11.1. The normalized spacial score (nSPS) is 10.8. The molecule has 0 bridgehead atoms. The SMILES string of the molecule is CCn1nc(-c2ccc(OC(C)C)cc2)cc1C(=O)O. The van der Waals surface area contributed by atoms with Crippen molar-refractivity contribution in [2.45, 2.75) is 33.4 Å². The summed E-state index contributed by atoms with van der Waals surface area (Å²) in [5.41, 5.74) is 1.72. The summed E-state index contributed by atoms with van der Waals surface area (Å²) in [5, 5.41) is 13.4. The highest BCUT2D eigenvalue weighted by atomic mass is 16.5. The van der Waals surface area contributed by atoms with E-state index >= 15 is 0 Å². The number of aromatic carboxylic acids is 1. The molecule has 2 aromatic rings. The second kappa shape index (κ2) is 5.77. The molecule has 0 fully saturated rings. The molecule has 1 heterocycles. The quantitative estimate of drug-likeness (QED) is 0.910. The Morgan fingerprint density at radius 1 is 1.35 bits per heavy atom. The monoisotopic (exact) mass is 274 g/mol. The molecular formula is C15H18N2O3. The van der Waals surface area contributed by atoms with E-state index in [1.807, 2.05) is 45.0 Å². The van der Waals surface area contributed by atoms with Gasteiger partial charge in [0.2, 0.25) is 0 Å². The third-order valence-electron chi connectivity index (χ3n) is 2.82. The van der Waals surface area contributed by atoms with Crippen molar-refractivity contribution in [2.75, 3.05) is 0 Å². The summed E-state index contributed by atoms with van der Waals surface area (Å²) < 4.78 is 7.06. The number of hydrogen-bond acceptors (Lipinski definition) is 3. The highest BCUT2D eigenvalue weighted by molar-refractivity contribution is 5.87. The number of ether oxygens (including phenoxy) is 1. The summed E-state index contributed by atoms with van der Waals surface area (Å²) in [6.45, 7) is 6.32. The molecule has 5 nitrogen and oxygen atoms in total. The van der Waals surface area contributed by atoms with Crippen LogP contribution in [0, 0.1) is 0 Å². The Balaban J connectivity index is 2.29. The van der Waals surface area contributed by atoms with Gasteiger partial charge in [0.25, 0.3) is 0 Å². The molecule has 0 unspecified atom stereocenters. The fourth-order valence-corrected chi connectivity index (χ4v) is 1.95. The third kappa shape index (κ3) is 2.99. The zero-order chi connectivity index (χ0) is 14.7. The average Bonchev–Trinajstić information content (AvgIpc) is 2.83. The van der Waals surface area contributed by atoms with Crippen molar-refractivity contribution < 1.29 is 14.6 Å². The van der Waals surface area contributed by atoms with Gasteiger partial charge >= 0.3 is 5.97 Å². The molecule has 1 aromatic heterocycles. The van der Waals surface area contributed by atoms with E-state index in [4.69, 9.17) is 9.84 Å². The number of nitrogens with zero attached hydrogens (tertiary/aromatic N) is 2. The van der Waals surface area contributed by atoms with Crippen molar-refractivity contribution in [3.05, 3.63) is 36.0 Å². The van der Waals surface area contributed by atoms with E-state index < -0.39 is 5.97 Å². The molecule has 0 saturated heterocycles. The molecule has 0 aliphatic heterocycles. The number of benzene rings is 1. The van der Waals surface area contributed by atoms with Crippen LogP contribution in [0.25, 0.3) is 11.3 Å². The molecule has 1 N–H and O–H groups in total. The first kappa shape index (κ1) is 14.1. The van der Waals surface area contributed by atoms with E-state index in [0.29, 0.717) is 12.2 Å². The maximum atomic E-state index is 11.1. The highest BCUT2D eigenvalue weighted by Gasteiger charge is 2.14. The minimum absolute atomic E-state index is 0.124. The lowest BCUT2D eigenvalue weighted by molar-refractivity contribution is 0.0683. The lowest BCUT2D eigenvalue weighted by Crippen LogP contribution is -2.08. The van der Waals surface area contributed by atoms with Gasteiger partial charge in [-0.2, -0.15) is 5.10 Å². The number of aromatic nitrogens is 2. The zero-order valence-electron chi connectivity index (χ0n) is 11.8. The van der Waals surface area contributed by atoms with Crippen LogP contribution >= 0.6 is 0 Å². The van der Waals surface area contributed by atoms with E-state index in [9.17, 15) is 4.79 Å². The van der Waals surface area contributed by atoms with Gasteiger partial charge in [-0.1, -0.05) is 0 Å². The number of aryl methyl sites for hydroxylation is 1. The van der Waals surface area contributed by atoms with Gasteiger partial charge in [0.1, 0.15) is 11.4 Å². The van der Waals surface area contributed by atoms with Gasteiger partial charge in [-0.3, -0.25) is 4.68 Å². The van der Waals surface area contributed by atoms with Gasteiger partial charge in [0, 0.05) is 12.1 Å². The Labute approximate surface area is 117 Å². The first-order chi connectivity index (χ1) is 9.51. The topological polar surface area (TPSA) is 64.4 Å². The lowest BCUT2D eigenvalue weighted by atomic mass is 10.1. The van der Waals surface area contributed by atoms with E-state index in [0.717, 1.165) is 11.3 Å². The van der Waals surface area contributed by atoms with Crippen LogP contribution in [0.1, 0.15) is 31.3 Å². The van der Waals surface area contributed by atoms with Crippen molar-refractivity contribution in [2.24, 2.45) is 0 Å². The van der Waals surface area contributed by atoms with Crippen LogP contribution in [0.2, 0.25) is 0 Å². The van der Waals surface area contributed by atoms with Gasteiger partial charge < -0.3 is 9.84 Å². The molecule has 20 heavy (non-hydrogen) atoms. The largest absolute Gasteiger partial charge is 0.491 e.